The number of carbonyl (C=O) groups is 1. The third kappa shape index (κ3) is 3.70. The van der Waals surface area contributed by atoms with E-state index in [-0.39, 0.29) is 6.42 Å². The van der Waals surface area contributed by atoms with Gasteiger partial charge >= 0.3 is 6.09 Å². The van der Waals surface area contributed by atoms with E-state index >= 15 is 0 Å². The SMILES string of the molecule is [2H]C1(O)CC([2H])([2H])N(C(=O)OC(C)(C)C)C([2H])(C)C1. The monoisotopic (exact) mass is 219 g/mol. The third-order valence-corrected chi connectivity index (χ3v) is 1.86. The summed E-state index contributed by atoms with van der Waals surface area (Å²) in [6.45, 7) is 3.91. The van der Waals surface area contributed by atoms with Crippen LogP contribution < -0.4 is 0 Å². The molecule has 1 amide bonds. The van der Waals surface area contributed by atoms with Gasteiger partial charge in [0.25, 0.3) is 0 Å². The predicted octanol–water partition coefficient (Wildman–Crippen LogP) is 1.77. The maximum absolute atomic E-state index is 12.1. The molecule has 88 valence electrons. The molecule has 1 saturated heterocycles. The van der Waals surface area contributed by atoms with Crippen molar-refractivity contribution in [2.75, 3.05) is 6.50 Å². The zero-order valence-corrected chi connectivity index (χ0v) is 9.63. The first-order valence-electron chi connectivity index (χ1n) is 6.92. The molecule has 1 aliphatic rings. The molecule has 1 heterocycles. The number of amides is 1. The van der Waals surface area contributed by atoms with Gasteiger partial charge < -0.3 is 14.7 Å². The largest absolute Gasteiger partial charge is 0.444 e. The number of carbonyl (C=O) groups excluding carboxylic acids is 1. The molecular weight excluding hydrogens is 194 g/mol. The number of hydrogen-bond acceptors (Lipinski definition) is 3. The quantitative estimate of drug-likeness (QED) is 0.675. The van der Waals surface area contributed by atoms with Crippen molar-refractivity contribution in [2.45, 2.75) is 58.2 Å². The lowest BCUT2D eigenvalue weighted by Crippen LogP contribution is -2.47. The molecule has 4 nitrogen and oxygen atoms in total. The summed E-state index contributed by atoms with van der Waals surface area (Å²) in [6.07, 6.45) is -3.96. The Morgan fingerprint density at radius 1 is 1.67 bits per heavy atom. The van der Waals surface area contributed by atoms with Crippen molar-refractivity contribution in [3.63, 3.8) is 0 Å². The highest BCUT2D eigenvalue weighted by atomic mass is 16.6. The van der Waals surface area contributed by atoms with Gasteiger partial charge in [0.15, 0.2) is 0 Å². The van der Waals surface area contributed by atoms with Gasteiger partial charge in [-0.15, -0.1) is 0 Å². The van der Waals surface area contributed by atoms with Gasteiger partial charge in [0.05, 0.1) is 8.82 Å². The lowest BCUT2D eigenvalue weighted by molar-refractivity contribution is -0.00456. The van der Waals surface area contributed by atoms with E-state index in [4.69, 9.17) is 10.2 Å². The topological polar surface area (TPSA) is 49.8 Å². The van der Waals surface area contributed by atoms with Crippen LogP contribution in [0.3, 0.4) is 0 Å². The summed E-state index contributed by atoms with van der Waals surface area (Å²) in [6, 6.07) is -1.75. The highest BCUT2D eigenvalue weighted by Gasteiger charge is 2.30. The van der Waals surface area contributed by atoms with Crippen LogP contribution in [0.1, 0.15) is 46.0 Å². The predicted molar refractivity (Wildman–Crippen MR) is 57.6 cm³/mol. The number of nitrogens with zero attached hydrogens (tertiary/aromatic N) is 1. The number of aliphatic hydroxyl groups is 1. The summed E-state index contributed by atoms with van der Waals surface area (Å²) in [7, 11) is 0. The second-order valence-electron chi connectivity index (χ2n) is 4.63. The fourth-order valence-electron chi connectivity index (χ4n) is 1.27. The summed E-state index contributed by atoms with van der Waals surface area (Å²) in [4.78, 5) is 12.7. The maximum atomic E-state index is 12.1. The van der Waals surface area contributed by atoms with E-state index in [1.165, 1.54) is 6.92 Å². The Morgan fingerprint density at radius 3 is 2.73 bits per heavy atom. The smallest absolute Gasteiger partial charge is 0.410 e. The lowest BCUT2D eigenvalue weighted by atomic mass is 10.0. The van der Waals surface area contributed by atoms with Crippen LogP contribution in [0.15, 0.2) is 0 Å². The minimum Gasteiger partial charge on any atom is -0.444 e. The molecule has 0 aliphatic carbocycles. The van der Waals surface area contributed by atoms with Gasteiger partial charge in [0.1, 0.15) is 5.60 Å². The third-order valence-electron chi connectivity index (χ3n) is 1.86. The molecule has 0 bridgehead atoms. The van der Waals surface area contributed by atoms with Crippen LogP contribution in [0.2, 0.25) is 0 Å². The first kappa shape index (κ1) is 7.49. The van der Waals surface area contributed by atoms with Crippen molar-refractivity contribution < 1.29 is 20.1 Å². The van der Waals surface area contributed by atoms with Crippen molar-refractivity contribution >= 4 is 6.09 Å². The number of likely N-dealkylation sites (tertiary alicyclic amines) is 1. The second-order valence-corrected chi connectivity index (χ2v) is 4.63. The first-order chi connectivity index (χ1) is 8.16. The minimum absolute atomic E-state index is 0.362. The van der Waals surface area contributed by atoms with E-state index in [9.17, 15) is 9.90 Å². The Labute approximate surface area is 96.8 Å². The molecule has 0 aromatic heterocycles. The van der Waals surface area contributed by atoms with Crippen LogP contribution in [0.4, 0.5) is 4.79 Å². The van der Waals surface area contributed by atoms with Gasteiger partial charge in [-0.05, 0) is 40.5 Å². The summed E-state index contributed by atoms with van der Waals surface area (Å²) in [5.74, 6) is 0. The van der Waals surface area contributed by atoms with Crippen LogP contribution in [0, 0.1) is 0 Å². The van der Waals surface area contributed by atoms with Gasteiger partial charge in [-0.25, -0.2) is 4.79 Å². The van der Waals surface area contributed by atoms with E-state index < -0.39 is 36.7 Å². The summed E-state index contributed by atoms with van der Waals surface area (Å²) in [5.41, 5.74) is -0.808. The molecule has 0 spiro atoms. The maximum Gasteiger partial charge on any atom is 0.410 e. The normalized spacial score (nSPS) is 44.7. The standard InChI is InChI=1S/C11H21NO3/c1-8-7-9(13)5-6-12(8)10(14)15-11(2,3)4/h8-9,13H,5-7H2,1-4H3/i6D2,8D,9D. The van der Waals surface area contributed by atoms with Gasteiger partial charge in [-0.2, -0.15) is 0 Å². The van der Waals surface area contributed by atoms with E-state index in [1.807, 2.05) is 0 Å². The summed E-state index contributed by atoms with van der Waals surface area (Å²) in [5, 5.41) is 9.71. The zero-order valence-electron chi connectivity index (χ0n) is 13.6. The molecule has 0 radical (unpaired) electrons. The first-order valence-corrected chi connectivity index (χ1v) is 4.92. The van der Waals surface area contributed by atoms with Crippen LogP contribution in [0.5, 0.6) is 0 Å². The molecule has 2 unspecified atom stereocenters. The average molecular weight is 219 g/mol. The number of rotatable bonds is 0. The lowest BCUT2D eigenvalue weighted by Gasteiger charge is -2.36. The van der Waals surface area contributed by atoms with Gasteiger partial charge in [-0.1, -0.05) is 0 Å². The van der Waals surface area contributed by atoms with E-state index in [1.54, 1.807) is 20.8 Å². The van der Waals surface area contributed by atoms with E-state index in [2.05, 4.69) is 0 Å². The second kappa shape index (κ2) is 4.39. The minimum atomic E-state index is -2.31. The van der Waals surface area contributed by atoms with Gasteiger partial charge in [-0.3, -0.25) is 0 Å². The molecule has 4 heteroatoms. The van der Waals surface area contributed by atoms with Crippen LogP contribution in [-0.2, 0) is 4.74 Å². The summed E-state index contributed by atoms with van der Waals surface area (Å²) >= 11 is 0. The molecule has 0 aromatic rings. The van der Waals surface area contributed by atoms with Crippen molar-refractivity contribution in [3.8, 4) is 0 Å². The molecule has 1 N–H and O–H groups in total. The van der Waals surface area contributed by atoms with Crippen LogP contribution in [-0.4, -0.2) is 40.3 Å². The Bertz CT molecular complexity index is 357. The zero-order chi connectivity index (χ0) is 15.3. The molecule has 1 fully saturated rings. The van der Waals surface area contributed by atoms with Gasteiger partial charge in [0, 0.05) is 15.3 Å². The Balaban J connectivity index is 3.07. The highest BCUT2D eigenvalue weighted by molar-refractivity contribution is 5.68. The molecule has 0 aromatic carbocycles. The number of ether oxygens (including phenoxy) is 1. The molecule has 1 rings (SSSR count). The molecular formula is C11H21NO3. The fraction of sp³-hybridized carbons (Fsp3) is 0.909. The average Bonchev–Trinajstić information content (AvgIpc) is 1.87. The van der Waals surface area contributed by atoms with E-state index in [0.717, 1.165) is 0 Å². The number of hydrogen-bond donors (Lipinski definition) is 1. The number of piperidine rings is 1. The Hall–Kier alpha value is -0.770. The fourth-order valence-corrected chi connectivity index (χ4v) is 1.27. The van der Waals surface area contributed by atoms with Gasteiger partial charge in [0.2, 0.25) is 0 Å². The highest BCUT2D eigenvalue weighted by Crippen LogP contribution is 2.20. The van der Waals surface area contributed by atoms with Crippen molar-refractivity contribution in [3.05, 3.63) is 0 Å². The molecule has 2 atom stereocenters. The summed E-state index contributed by atoms with van der Waals surface area (Å²) < 4.78 is 36.4. The van der Waals surface area contributed by atoms with Crippen LogP contribution in [0.25, 0.3) is 0 Å². The van der Waals surface area contributed by atoms with Crippen molar-refractivity contribution in [2.24, 2.45) is 0 Å². The van der Waals surface area contributed by atoms with Crippen molar-refractivity contribution in [1.82, 2.24) is 4.90 Å². The Morgan fingerprint density at radius 2 is 2.27 bits per heavy atom. The molecule has 1 aliphatic heterocycles. The molecule has 0 saturated carbocycles. The Kier molecular flexibility index (Phi) is 2.19. The molecule has 15 heavy (non-hydrogen) atoms. The van der Waals surface area contributed by atoms with E-state index in [0.29, 0.717) is 4.90 Å². The van der Waals surface area contributed by atoms with Crippen molar-refractivity contribution in [1.29, 1.82) is 0 Å². The van der Waals surface area contributed by atoms with Crippen LogP contribution >= 0.6 is 0 Å².